The molecule has 3 nitrogen and oxygen atoms in total. The first-order valence-corrected chi connectivity index (χ1v) is 5.38. The van der Waals surface area contributed by atoms with Gasteiger partial charge in [0, 0.05) is 11.1 Å². The van der Waals surface area contributed by atoms with Crippen LogP contribution >= 0.6 is 0 Å². The molecule has 0 heterocycles. The molecule has 0 fully saturated rings. The summed E-state index contributed by atoms with van der Waals surface area (Å²) in [6, 6.07) is 3.84. The maximum atomic E-state index is 6.06. The van der Waals surface area contributed by atoms with Gasteiger partial charge in [-0.25, -0.2) is 0 Å². The van der Waals surface area contributed by atoms with E-state index >= 15 is 0 Å². The van der Waals surface area contributed by atoms with E-state index in [9.17, 15) is 0 Å². The monoisotopic (exact) mass is 223 g/mol. The van der Waals surface area contributed by atoms with Gasteiger partial charge in [-0.2, -0.15) is 0 Å². The zero-order valence-corrected chi connectivity index (χ0v) is 10.8. The molecule has 2 N–H and O–H groups in total. The third kappa shape index (κ3) is 2.89. The van der Waals surface area contributed by atoms with Gasteiger partial charge in [0.15, 0.2) is 0 Å². The summed E-state index contributed by atoms with van der Waals surface area (Å²) in [6.07, 6.45) is 0.763. The average molecular weight is 223 g/mol. The van der Waals surface area contributed by atoms with Crippen molar-refractivity contribution in [3.63, 3.8) is 0 Å². The Morgan fingerprint density at radius 2 is 1.62 bits per heavy atom. The molecule has 0 radical (unpaired) electrons. The van der Waals surface area contributed by atoms with E-state index in [0.717, 1.165) is 29.0 Å². The highest BCUT2D eigenvalue weighted by Crippen LogP contribution is 2.31. The normalized spacial score (nSPS) is 11.4. The van der Waals surface area contributed by atoms with Crippen LogP contribution in [0.25, 0.3) is 0 Å². The number of rotatable bonds is 4. The standard InChI is InChI=1S/C13H21NO2/c1-9-10(8-13(2,3)14)12(16-5)7-6-11(9)15-4/h6-7H,8,14H2,1-5H3. The zero-order valence-electron chi connectivity index (χ0n) is 10.8. The molecule has 0 saturated carbocycles. The van der Waals surface area contributed by atoms with Crippen LogP contribution < -0.4 is 15.2 Å². The van der Waals surface area contributed by atoms with E-state index in [2.05, 4.69) is 0 Å². The molecule has 3 heteroatoms. The van der Waals surface area contributed by atoms with Crippen molar-refractivity contribution in [2.24, 2.45) is 5.73 Å². The van der Waals surface area contributed by atoms with E-state index in [-0.39, 0.29) is 5.54 Å². The lowest BCUT2D eigenvalue weighted by Crippen LogP contribution is -2.34. The number of methoxy groups -OCH3 is 2. The molecule has 0 saturated heterocycles. The lowest BCUT2D eigenvalue weighted by molar-refractivity contribution is 0.390. The minimum atomic E-state index is -0.260. The largest absolute Gasteiger partial charge is 0.496 e. The van der Waals surface area contributed by atoms with Crippen LogP contribution in [0.2, 0.25) is 0 Å². The molecule has 90 valence electrons. The van der Waals surface area contributed by atoms with Crippen molar-refractivity contribution in [1.82, 2.24) is 0 Å². The predicted octanol–water partition coefficient (Wildman–Crippen LogP) is 2.29. The van der Waals surface area contributed by atoms with E-state index in [0.29, 0.717) is 0 Å². The quantitative estimate of drug-likeness (QED) is 0.851. The van der Waals surface area contributed by atoms with Crippen molar-refractivity contribution in [2.75, 3.05) is 14.2 Å². The topological polar surface area (TPSA) is 44.5 Å². The van der Waals surface area contributed by atoms with Gasteiger partial charge in [-0.15, -0.1) is 0 Å². The van der Waals surface area contributed by atoms with Crippen LogP contribution in [0.5, 0.6) is 11.5 Å². The zero-order chi connectivity index (χ0) is 12.3. The van der Waals surface area contributed by atoms with E-state index in [4.69, 9.17) is 15.2 Å². The summed E-state index contributed by atoms with van der Waals surface area (Å²) in [5.74, 6) is 1.75. The molecule has 0 aliphatic carbocycles. The van der Waals surface area contributed by atoms with Crippen molar-refractivity contribution < 1.29 is 9.47 Å². The highest BCUT2D eigenvalue weighted by molar-refractivity contribution is 5.48. The van der Waals surface area contributed by atoms with E-state index in [1.165, 1.54) is 0 Å². The van der Waals surface area contributed by atoms with Gasteiger partial charge in [0.2, 0.25) is 0 Å². The van der Waals surface area contributed by atoms with Crippen LogP contribution in [0, 0.1) is 6.92 Å². The summed E-state index contributed by atoms with van der Waals surface area (Å²) in [5, 5.41) is 0. The molecule has 16 heavy (non-hydrogen) atoms. The van der Waals surface area contributed by atoms with E-state index in [1.807, 2.05) is 32.9 Å². The Labute approximate surface area is 97.6 Å². The van der Waals surface area contributed by atoms with Gasteiger partial charge in [-0.3, -0.25) is 0 Å². The molecule has 0 amide bonds. The SMILES string of the molecule is COc1ccc(OC)c(CC(C)(C)N)c1C. The first-order valence-electron chi connectivity index (χ1n) is 5.38. The second-order valence-corrected chi connectivity index (χ2v) is 4.74. The molecule has 0 bridgehead atoms. The van der Waals surface area contributed by atoms with Crippen LogP contribution in [-0.4, -0.2) is 19.8 Å². The molecule has 1 aromatic rings. The third-order valence-electron chi connectivity index (χ3n) is 2.58. The highest BCUT2D eigenvalue weighted by Gasteiger charge is 2.18. The first-order chi connectivity index (χ1) is 7.39. The molecule has 0 spiro atoms. The maximum absolute atomic E-state index is 6.06. The first kappa shape index (κ1) is 12.8. The fourth-order valence-corrected chi connectivity index (χ4v) is 1.80. The van der Waals surface area contributed by atoms with Crippen LogP contribution in [-0.2, 0) is 6.42 Å². The predicted molar refractivity (Wildman–Crippen MR) is 66.3 cm³/mol. The van der Waals surface area contributed by atoms with E-state index < -0.39 is 0 Å². The van der Waals surface area contributed by atoms with Gasteiger partial charge in [0.1, 0.15) is 11.5 Å². The van der Waals surface area contributed by atoms with Crippen LogP contribution in [0.15, 0.2) is 12.1 Å². The van der Waals surface area contributed by atoms with Crippen molar-refractivity contribution >= 4 is 0 Å². The molecule has 0 aliphatic heterocycles. The van der Waals surface area contributed by atoms with Crippen LogP contribution in [0.4, 0.5) is 0 Å². The fraction of sp³-hybridized carbons (Fsp3) is 0.538. The Kier molecular flexibility index (Phi) is 3.81. The minimum Gasteiger partial charge on any atom is -0.496 e. The van der Waals surface area contributed by atoms with Crippen molar-refractivity contribution in [1.29, 1.82) is 0 Å². The minimum absolute atomic E-state index is 0.260. The lowest BCUT2D eigenvalue weighted by Gasteiger charge is -2.22. The number of hydrogen-bond donors (Lipinski definition) is 1. The Hall–Kier alpha value is -1.22. The van der Waals surface area contributed by atoms with Gasteiger partial charge in [-0.1, -0.05) is 0 Å². The molecular weight excluding hydrogens is 202 g/mol. The summed E-state index contributed by atoms with van der Waals surface area (Å²) in [7, 11) is 3.35. The number of nitrogens with two attached hydrogens (primary N) is 1. The summed E-state index contributed by atoms with van der Waals surface area (Å²) < 4.78 is 10.7. The molecule has 0 atom stereocenters. The summed E-state index contributed by atoms with van der Waals surface area (Å²) in [4.78, 5) is 0. The van der Waals surface area contributed by atoms with Gasteiger partial charge >= 0.3 is 0 Å². The molecule has 0 aromatic heterocycles. The Balaban J connectivity index is 3.21. The molecule has 1 rings (SSSR count). The van der Waals surface area contributed by atoms with E-state index in [1.54, 1.807) is 14.2 Å². The lowest BCUT2D eigenvalue weighted by atomic mass is 9.92. The summed E-state index contributed by atoms with van der Waals surface area (Å²) >= 11 is 0. The summed E-state index contributed by atoms with van der Waals surface area (Å²) in [6.45, 7) is 6.04. The average Bonchev–Trinajstić information content (AvgIpc) is 2.19. The van der Waals surface area contributed by atoms with Crippen molar-refractivity contribution in [3.8, 4) is 11.5 Å². The second kappa shape index (κ2) is 4.74. The van der Waals surface area contributed by atoms with Crippen LogP contribution in [0.1, 0.15) is 25.0 Å². The Morgan fingerprint density at radius 3 is 2.06 bits per heavy atom. The summed E-state index contributed by atoms with van der Waals surface area (Å²) in [5.41, 5.74) is 8.01. The molecular formula is C13H21NO2. The van der Waals surface area contributed by atoms with Gasteiger partial charge in [-0.05, 0) is 44.9 Å². The number of ether oxygens (including phenoxy) is 2. The van der Waals surface area contributed by atoms with Gasteiger partial charge < -0.3 is 15.2 Å². The Bertz CT molecular complexity index is 367. The van der Waals surface area contributed by atoms with Gasteiger partial charge in [0.05, 0.1) is 14.2 Å². The maximum Gasteiger partial charge on any atom is 0.122 e. The number of benzene rings is 1. The second-order valence-electron chi connectivity index (χ2n) is 4.74. The van der Waals surface area contributed by atoms with Crippen LogP contribution in [0.3, 0.4) is 0 Å². The van der Waals surface area contributed by atoms with Crippen molar-refractivity contribution in [3.05, 3.63) is 23.3 Å². The highest BCUT2D eigenvalue weighted by atomic mass is 16.5. The fourth-order valence-electron chi connectivity index (χ4n) is 1.80. The van der Waals surface area contributed by atoms with Crippen molar-refractivity contribution in [2.45, 2.75) is 32.7 Å². The number of hydrogen-bond acceptors (Lipinski definition) is 3. The molecule has 0 aliphatic rings. The van der Waals surface area contributed by atoms with Gasteiger partial charge in [0.25, 0.3) is 0 Å². The third-order valence-corrected chi connectivity index (χ3v) is 2.58. The smallest absolute Gasteiger partial charge is 0.122 e. The molecule has 0 unspecified atom stereocenters. The Morgan fingerprint density at radius 1 is 1.12 bits per heavy atom. The molecule has 1 aromatic carbocycles.